The summed E-state index contributed by atoms with van der Waals surface area (Å²) in [5.74, 6) is -0.370. The van der Waals surface area contributed by atoms with E-state index in [1.807, 2.05) is 24.3 Å². The second-order valence-electron chi connectivity index (χ2n) is 4.42. The summed E-state index contributed by atoms with van der Waals surface area (Å²) in [5, 5.41) is 4.86. The van der Waals surface area contributed by atoms with E-state index in [0.717, 1.165) is 23.0 Å². The molecule has 2 rings (SSSR count). The van der Waals surface area contributed by atoms with Crippen LogP contribution in [-0.4, -0.2) is 19.1 Å². The highest BCUT2D eigenvalue weighted by atomic mass is 35.5. The maximum atomic E-state index is 11.7. The smallest absolute Gasteiger partial charge is 0.350 e. The molecule has 1 heterocycles. The van der Waals surface area contributed by atoms with Gasteiger partial charge in [-0.2, -0.15) is 0 Å². The van der Waals surface area contributed by atoms with Crippen LogP contribution in [0.15, 0.2) is 30.3 Å². The number of nitrogen functional groups attached to an aromatic ring is 1. The minimum absolute atomic E-state index is 0.343. The van der Waals surface area contributed by atoms with Crippen LogP contribution in [0.2, 0.25) is 5.02 Å². The lowest BCUT2D eigenvalue weighted by Crippen LogP contribution is -2.04. The minimum atomic E-state index is -0.370. The van der Waals surface area contributed by atoms with E-state index in [2.05, 4.69) is 5.32 Å². The van der Waals surface area contributed by atoms with Crippen molar-refractivity contribution in [3.8, 4) is 0 Å². The molecule has 0 aliphatic heterocycles. The Labute approximate surface area is 132 Å². The first-order valence-electron chi connectivity index (χ1n) is 6.65. The van der Waals surface area contributed by atoms with E-state index in [-0.39, 0.29) is 5.97 Å². The number of halogens is 1. The van der Waals surface area contributed by atoms with Crippen molar-refractivity contribution in [1.29, 1.82) is 0 Å². The first kappa shape index (κ1) is 15.7. The molecule has 0 fully saturated rings. The molecule has 21 heavy (non-hydrogen) atoms. The van der Waals surface area contributed by atoms with Gasteiger partial charge in [-0.1, -0.05) is 23.7 Å². The molecule has 1 aromatic carbocycles. The van der Waals surface area contributed by atoms with Gasteiger partial charge in [0.15, 0.2) is 0 Å². The Morgan fingerprint density at radius 2 is 2.10 bits per heavy atom. The summed E-state index contributed by atoms with van der Waals surface area (Å²) < 4.78 is 4.96. The molecular weight excluding hydrogens is 308 g/mol. The quantitative estimate of drug-likeness (QED) is 0.793. The largest absolute Gasteiger partial charge is 0.462 e. The van der Waals surface area contributed by atoms with Crippen molar-refractivity contribution in [1.82, 2.24) is 0 Å². The topological polar surface area (TPSA) is 64.3 Å². The van der Waals surface area contributed by atoms with E-state index in [4.69, 9.17) is 22.1 Å². The van der Waals surface area contributed by atoms with Crippen LogP contribution >= 0.6 is 22.9 Å². The second kappa shape index (κ2) is 7.33. The number of nitrogens with two attached hydrogens (primary N) is 1. The average molecular weight is 325 g/mol. The first-order valence-corrected chi connectivity index (χ1v) is 7.84. The Morgan fingerprint density at radius 1 is 1.38 bits per heavy atom. The maximum absolute atomic E-state index is 11.7. The van der Waals surface area contributed by atoms with Gasteiger partial charge in [0.25, 0.3) is 0 Å². The number of hydrogen-bond acceptors (Lipinski definition) is 5. The normalized spacial score (nSPS) is 10.4. The van der Waals surface area contributed by atoms with E-state index in [9.17, 15) is 4.79 Å². The van der Waals surface area contributed by atoms with Crippen molar-refractivity contribution < 1.29 is 9.53 Å². The number of benzene rings is 1. The summed E-state index contributed by atoms with van der Waals surface area (Å²) >= 11 is 7.16. The number of carbonyl (C=O) groups is 1. The molecule has 6 heteroatoms. The summed E-state index contributed by atoms with van der Waals surface area (Å²) in [6, 6.07) is 9.50. The molecule has 0 aliphatic rings. The molecule has 0 radical (unpaired) electrons. The lowest BCUT2D eigenvalue weighted by molar-refractivity contribution is 0.0533. The van der Waals surface area contributed by atoms with Crippen molar-refractivity contribution in [2.75, 3.05) is 24.2 Å². The van der Waals surface area contributed by atoms with Crippen molar-refractivity contribution >= 4 is 39.6 Å². The molecule has 0 unspecified atom stereocenters. The summed E-state index contributed by atoms with van der Waals surface area (Å²) in [6.45, 7) is 2.87. The van der Waals surface area contributed by atoms with Gasteiger partial charge in [0.1, 0.15) is 4.88 Å². The van der Waals surface area contributed by atoms with Gasteiger partial charge in [0, 0.05) is 11.6 Å². The summed E-state index contributed by atoms with van der Waals surface area (Å²) in [7, 11) is 0. The lowest BCUT2D eigenvalue weighted by atomic mass is 10.1. The van der Waals surface area contributed by atoms with Gasteiger partial charge in [0.2, 0.25) is 0 Å². The van der Waals surface area contributed by atoms with Crippen LogP contribution in [0.5, 0.6) is 0 Å². The number of rotatable bonds is 6. The second-order valence-corrected chi connectivity index (χ2v) is 5.91. The van der Waals surface area contributed by atoms with Gasteiger partial charge in [0.05, 0.1) is 17.3 Å². The average Bonchev–Trinajstić information content (AvgIpc) is 2.82. The minimum Gasteiger partial charge on any atom is -0.462 e. The van der Waals surface area contributed by atoms with Gasteiger partial charge < -0.3 is 15.8 Å². The van der Waals surface area contributed by atoms with E-state index in [0.29, 0.717) is 17.2 Å². The molecule has 0 bridgehead atoms. The predicted octanol–water partition coefficient (Wildman–Crippen LogP) is 3.82. The Hall–Kier alpha value is -1.72. The highest BCUT2D eigenvalue weighted by Crippen LogP contribution is 2.29. The van der Waals surface area contributed by atoms with Crippen LogP contribution in [0.3, 0.4) is 0 Å². The third kappa shape index (κ3) is 4.37. The molecule has 1 aromatic heterocycles. The van der Waals surface area contributed by atoms with E-state index >= 15 is 0 Å². The number of esters is 1. The molecule has 112 valence electrons. The molecule has 0 amide bonds. The zero-order chi connectivity index (χ0) is 15.2. The van der Waals surface area contributed by atoms with Crippen molar-refractivity contribution in [2.24, 2.45) is 0 Å². The molecule has 4 nitrogen and oxygen atoms in total. The van der Waals surface area contributed by atoms with Gasteiger partial charge in [-0.25, -0.2) is 4.79 Å². The predicted molar refractivity (Wildman–Crippen MR) is 88.3 cm³/mol. The lowest BCUT2D eigenvalue weighted by Gasteiger charge is -2.03. The van der Waals surface area contributed by atoms with Gasteiger partial charge in [-0.15, -0.1) is 11.3 Å². The number of anilines is 2. The van der Waals surface area contributed by atoms with E-state index < -0.39 is 0 Å². The molecule has 2 aromatic rings. The van der Waals surface area contributed by atoms with Crippen LogP contribution in [0.1, 0.15) is 22.2 Å². The Kier molecular flexibility index (Phi) is 5.47. The molecule has 0 aliphatic carbocycles. The molecule has 3 N–H and O–H groups in total. The molecular formula is C15H17ClN2O2S. The highest BCUT2D eigenvalue weighted by molar-refractivity contribution is 7.18. The first-order chi connectivity index (χ1) is 10.1. The summed E-state index contributed by atoms with van der Waals surface area (Å²) in [5.41, 5.74) is 7.47. The maximum Gasteiger partial charge on any atom is 0.350 e. The van der Waals surface area contributed by atoms with Crippen LogP contribution in [0.25, 0.3) is 0 Å². The molecule has 0 saturated carbocycles. The van der Waals surface area contributed by atoms with E-state index in [1.165, 1.54) is 16.9 Å². The van der Waals surface area contributed by atoms with E-state index in [1.54, 1.807) is 13.0 Å². The van der Waals surface area contributed by atoms with Crippen LogP contribution in [0, 0.1) is 0 Å². The van der Waals surface area contributed by atoms with Crippen LogP contribution in [0.4, 0.5) is 10.7 Å². The Morgan fingerprint density at radius 3 is 2.76 bits per heavy atom. The fourth-order valence-corrected chi connectivity index (χ4v) is 2.85. The zero-order valence-corrected chi connectivity index (χ0v) is 13.3. The SMILES string of the molecule is CCOC(=O)c1sc(NCCc2ccc(Cl)cc2)cc1N. The van der Waals surface area contributed by atoms with Gasteiger partial charge in [-0.05, 0) is 37.1 Å². The standard InChI is InChI=1S/C15H17ClN2O2S/c1-2-20-15(19)14-12(17)9-13(21-14)18-8-7-10-3-5-11(16)6-4-10/h3-6,9,18H,2,7-8,17H2,1H3. The van der Waals surface area contributed by atoms with Crippen LogP contribution in [-0.2, 0) is 11.2 Å². The molecule has 0 atom stereocenters. The third-order valence-corrected chi connectivity index (χ3v) is 4.19. The van der Waals surface area contributed by atoms with Crippen molar-refractivity contribution in [3.05, 3.63) is 45.8 Å². The third-order valence-electron chi connectivity index (χ3n) is 2.85. The number of ether oxygens (including phenoxy) is 1. The number of hydrogen-bond donors (Lipinski definition) is 2. The molecule has 0 saturated heterocycles. The zero-order valence-electron chi connectivity index (χ0n) is 11.7. The summed E-state index contributed by atoms with van der Waals surface area (Å²) in [4.78, 5) is 12.1. The summed E-state index contributed by atoms with van der Waals surface area (Å²) in [6.07, 6.45) is 0.865. The highest BCUT2D eigenvalue weighted by Gasteiger charge is 2.15. The Bertz CT molecular complexity index is 611. The van der Waals surface area contributed by atoms with Gasteiger partial charge >= 0.3 is 5.97 Å². The Balaban J connectivity index is 1.90. The number of thiophene rings is 1. The fourth-order valence-electron chi connectivity index (χ4n) is 1.83. The van der Waals surface area contributed by atoms with Crippen molar-refractivity contribution in [3.63, 3.8) is 0 Å². The van der Waals surface area contributed by atoms with Gasteiger partial charge in [-0.3, -0.25) is 0 Å². The number of nitrogens with one attached hydrogen (secondary N) is 1. The fraction of sp³-hybridized carbons (Fsp3) is 0.267. The van der Waals surface area contributed by atoms with Crippen molar-refractivity contribution in [2.45, 2.75) is 13.3 Å². The molecule has 0 spiro atoms. The van der Waals surface area contributed by atoms with Crippen LogP contribution < -0.4 is 11.1 Å². The monoisotopic (exact) mass is 324 g/mol. The number of carbonyl (C=O) groups excluding carboxylic acids is 1.